The van der Waals surface area contributed by atoms with Gasteiger partial charge < -0.3 is 29.6 Å². The zero-order valence-corrected chi connectivity index (χ0v) is 21.9. The van der Waals surface area contributed by atoms with Gasteiger partial charge in [-0.2, -0.15) is 12.1 Å². The monoisotopic (exact) mass is 486 g/mol. The van der Waals surface area contributed by atoms with Crippen molar-refractivity contribution in [3.05, 3.63) is 108 Å². The second-order valence-corrected chi connectivity index (χ2v) is 10.8. The normalized spacial score (nSPS) is 11.3. The average Bonchev–Trinajstić information content (AvgIpc) is 3.43. The third-order valence-corrected chi connectivity index (χ3v) is 7.74. The molecule has 31 heavy (non-hydrogen) atoms. The average molecular weight is 486 g/mol. The molecule has 0 aliphatic carbocycles. The van der Waals surface area contributed by atoms with Crippen LogP contribution in [0.2, 0.25) is 0 Å². The van der Waals surface area contributed by atoms with Crippen molar-refractivity contribution in [2.75, 3.05) is 0 Å². The summed E-state index contributed by atoms with van der Waals surface area (Å²) in [5, 5.41) is 5.84. The topological polar surface area (TPSA) is 0 Å². The second kappa shape index (κ2) is 13.2. The van der Waals surface area contributed by atoms with E-state index in [4.69, 9.17) is 0 Å². The Labute approximate surface area is 202 Å². The summed E-state index contributed by atoms with van der Waals surface area (Å²) < 4.78 is 0. The van der Waals surface area contributed by atoms with E-state index in [1.165, 1.54) is 32.3 Å². The number of rotatable bonds is 6. The third-order valence-electron chi connectivity index (χ3n) is 5.05. The molecule has 0 aliphatic rings. The molecule has 0 amide bonds. The first-order valence-electron chi connectivity index (χ1n) is 10.7. The van der Waals surface area contributed by atoms with Crippen LogP contribution in [0.1, 0.15) is 50.7 Å². The predicted octanol–water partition coefficient (Wildman–Crippen LogP) is 6.31. The van der Waals surface area contributed by atoms with Gasteiger partial charge in [-0.1, -0.05) is 81.5 Å². The van der Waals surface area contributed by atoms with Crippen LogP contribution >= 0.6 is 17.2 Å². The summed E-state index contributed by atoms with van der Waals surface area (Å²) in [6.07, 6.45) is 0. The molecule has 0 heterocycles. The van der Waals surface area contributed by atoms with Gasteiger partial charge in [0.2, 0.25) is 0 Å². The van der Waals surface area contributed by atoms with E-state index in [1.54, 1.807) is 0 Å². The Kier molecular flexibility index (Phi) is 10.9. The van der Waals surface area contributed by atoms with Gasteiger partial charge >= 0.3 is 0 Å². The Morgan fingerprint density at radius 1 is 0.645 bits per heavy atom. The van der Waals surface area contributed by atoms with Gasteiger partial charge in [-0.15, -0.1) is 13.9 Å². The quantitative estimate of drug-likeness (QED) is 0.170. The van der Waals surface area contributed by atoms with Gasteiger partial charge in [0.05, 0.1) is 0 Å². The largest absolute Gasteiger partial charge is 0.747 e. The van der Waals surface area contributed by atoms with Crippen molar-refractivity contribution in [2.45, 2.75) is 39.5 Å². The molecule has 4 aromatic carbocycles. The van der Waals surface area contributed by atoms with E-state index in [0.717, 1.165) is 17.2 Å². The summed E-state index contributed by atoms with van der Waals surface area (Å²) in [5.74, 6) is 1.23. The molecule has 0 nitrogen and oxygen atoms in total. The van der Waals surface area contributed by atoms with Crippen molar-refractivity contribution in [3.8, 4) is 0 Å². The fourth-order valence-corrected chi connectivity index (χ4v) is 6.19. The predicted molar refractivity (Wildman–Crippen MR) is 140 cm³/mol. The summed E-state index contributed by atoms with van der Waals surface area (Å²) in [4.78, 5) is 0. The van der Waals surface area contributed by atoms with Crippen LogP contribution in [-0.2, 0) is 17.1 Å². The molecular formula is C28H32FeP2-6. The summed E-state index contributed by atoms with van der Waals surface area (Å²) >= 11 is 0. The molecule has 0 aromatic heterocycles. The van der Waals surface area contributed by atoms with Gasteiger partial charge in [-0.05, 0) is 28.3 Å². The van der Waals surface area contributed by atoms with Crippen molar-refractivity contribution in [3.63, 3.8) is 0 Å². The molecule has 2 atom stereocenters. The first kappa shape index (κ1) is 25.8. The first-order chi connectivity index (χ1) is 14.5. The molecule has 168 valence electrons. The fourth-order valence-electron chi connectivity index (χ4n) is 3.45. The molecule has 0 saturated carbocycles. The molecule has 4 rings (SSSR count). The van der Waals surface area contributed by atoms with Crippen molar-refractivity contribution < 1.29 is 17.1 Å². The van der Waals surface area contributed by atoms with Crippen LogP contribution in [0, 0.1) is 0 Å². The smallest absolute Gasteiger partial charge is 0 e. The van der Waals surface area contributed by atoms with Gasteiger partial charge in [0.1, 0.15) is 0 Å². The molecule has 0 spiro atoms. The standard InChI is InChI=1S/2C14H16P.Fe/c2*1-11(2)13-9-5-6-10-14(13)15-12-7-3-4-8-12;/h2*3-11,15H,1-2H3;/q-5;-1;. The van der Waals surface area contributed by atoms with E-state index in [1.807, 2.05) is 0 Å². The van der Waals surface area contributed by atoms with Gasteiger partial charge in [-0.3, -0.25) is 8.58 Å². The van der Waals surface area contributed by atoms with Crippen LogP contribution in [0.15, 0.2) is 97.1 Å². The minimum absolute atomic E-state index is 0. The number of hydrogen-bond acceptors (Lipinski definition) is 0. The molecule has 0 bridgehead atoms. The minimum Gasteiger partial charge on any atom is -0.747 e. The Bertz CT molecular complexity index is 915. The van der Waals surface area contributed by atoms with Gasteiger partial charge in [0, 0.05) is 17.1 Å². The maximum Gasteiger partial charge on any atom is 0 e. The van der Waals surface area contributed by atoms with E-state index >= 15 is 0 Å². The van der Waals surface area contributed by atoms with E-state index in [2.05, 4.69) is 125 Å². The zero-order valence-electron chi connectivity index (χ0n) is 18.7. The molecule has 2 unspecified atom stereocenters. The Balaban J connectivity index is 0.000000213. The SMILES string of the molecule is CC(C)c1ccccc1P[c-]1[cH-][cH-][cH-][cH-]1.CC(C)c1ccccc1P[c-]1cccc1.[Fe]. The molecular weight excluding hydrogens is 454 g/mol. The minimum atomic E-state index is 0. The Morgan fingerprint density at radius 2 is 1.10 bits per heavy atom. The summed E-state index contributed by atoms with van der Waals surface area (Å²) in [6.45, 7) is 9.03. The van der Waals surface area contributed by atoms with Crippen molar-refractivity contribution in [1.82, 2.24) is 0 Å². The van der Waals surface area contributed by atoms with Gasteiger partial charge in [0.15, 0.2) is 0 Å². The maximum absolute atomic E-state index is 2.26. The van der Waals surface area contributed by atoms with E-state index < -0.39 is 0 Å². The van der Waals surface area contributed by atoms with Crippen molar-refractivity contribution in [1.29, 1.82) is 0 Å². The fraction of sp³-hybridized carbons (Fsp3) is 0.214. The summed E-state index contributed by atoms with van der Waals surface area (Å²) in [7, 11) is 1.59. The molecule has 4 aromatic rings. The van der Waals surface area contributed by atoms with Crippen LogP contribution in [0.4, 0.5) is 0 Å². The van der Waals surface area contributed by atoms with E-state index in [9.17, 15) is 0 Å². The number of hydrogen-bond donors (Lipinski definition) is 0. The second-order valence-electron chi connectivity index (χ2n) is 8.08. The molecule has 0 fully saturated rings. The van der Waals surface area contributed by atoms with Crippen molar-refractivity contribution >= 4 is 38.4 Å². The van der Waals surface area contributed by atoms with Crippen LogP contribution in [0.5, 0.6) is 0 Å². The molecule has 0 saturated heterocycles. The van der Waals surface area contributed by atoms with Gasteiger partial charge in [0.25, 0.3) is 0 Å². The van der Waals surface area contributed by atoms with Crippen molar-refractivity contribution in [2.24, 2.45) is 0 Å². The van der Waals surface area contributed by atoms with E-state index in [-0.39, 0.29) is 17.1 Å². The Hall–Kier alpha value is -1.48. The third kappa shape index (κ3) is 7.86. The summed E-state index contributed by atoms with van der Waals surface area (Å²) in [6, 6.07) is 34.8. The summed E-state index contributed by atoms with van der Waals surface area (Å²) in [5.41, 5.74) is 2.97. The first-order valence-corrected chi connectivity index (χ1v) is 12.7. The molecule has 3 heteroatoms. The van der Waals surface area contributed by atoms with Crippen LogP contribution in [0.3, 0.4) is 0 Å². The van der Waals surface area contributed by atoms with Crippen LogP contribution in [-0.4, -0.2) is 0 Å². The molecule has 0 N–H and O–H groups in total. The number of benzene rings is 2. The Morgan fingerprint density at radius 3 is 1.58 bits per heavy atom. The maximum atomic E-state index is 2.26. The van der Waals surface area contributed by atoms with Crippen LogP contribution < -0.4 is 21.2 Å². The zero-order chi connectivity index (χ0) is 21.3. The van der Waals surface area contributed by atoms with E-state index in [0.29, 0.717) is 11.8 Å². The molecule has 0 radical (unpaired) electrons. The van der Waals surface area contributed by atoms with Gasteiger partial charge in [-0.25, -0.2) is 12.1 Å². The van der Waals surface area contributed by atoms with Crippen LogP contribution in [0.25, 0.3) is 0 Å². The molecule has 0 aliphatic heterocycles.